The van der Waals surface area contributed by atoms with Crippen LogP contribution in [0.25, 0.3) is 11.3 Å². The van der Waals surface area contributed by atoms with Gasteiger partial charge in [-0.25, -0.2) is 0 Å². The van der Waals surface area contributed by atoms with Gasteiger partial charge in [-0.1, -0.05) is 35.3 Å². The third-order valence-electron chi connectivity index (χ3n) is 1.98. The quantitative estimate of drug-likeness (QED) is 0.554. The Labute approximate surface area is 97.3 Å². The highest BCUT2D eigenvalue weighted by molar-refractivity contribution is 6.35. The van der Waals surface area contributed by atoms with Gasteiger partial charge in [-0.15, -0.1) is 0 Å². The van der Waals surface area contributed by atoms with Gasteiger partial charge in [-0.2, -0.15) is 4.73 Å². The summed E-state index contributed by atoms with van der Waals surface area (Å²) >= 11 is 11.9. The molecule has 0 fully saturated rings. The lowest BCUT2D eigenvalue weighted by Crippen LogP contribution is -2.28. The Bertz CT molecular complexity index is 479. The molecule has 2 rings (SSSR count). The summed E-state index contributed by atoms with van der Waals surface area (Å²) in [5, 5.41) is 12.4. The standard InChI is InChI=1S/C11H6Cl2NO/c12-9-5-2-1-4-8(9)11-10(13)6-3-7-14(11)15/h1-2,4-7H. The molecule has 2 nitrogen and oxygen atoms in total. The van der Waals surface area contributed by atoms with Crippen LogP contribution >= 0.6 is 23.2 Å². The van der Waals surface area contributed by atoms with Crippen molar-refractivity contribution in [2.24, 2.45) is 0 Å². The first kappa shape index (κ1) is 10.3. The van der Waals surface area contributed by atoms with Crippen molar-refractivity contribution < 1.29 is 4.73 Å². The third-order valence-corrected chi connectivity index (χ3v) is 2.60. The van der Waals surface area contributed by atoms with Gasteiger partial charge in [0.25, 0.3) is 0 Å². The largest absolute Gasteiger partial charge is 0.618 e. The van der Waals surface area contributed by atoms with Crippen LogP contribution < -0.4 is 4.73 Å². The first-order valence-electron chi connectivity index (χ1n) is 4.24. The van der Waals surface area contributed by atoms with E-state index in [9.17, 15) is 5.21 Å². The molecule has 15 heavy (non-hydrogen) atoms. The van der Waals surface area contributed by atoms with E-state index in [0.29, 0.717) is 26.0 Å². The Morgan fingerprint density at radius 3 is 2.53 bits per heavy atom. The zero-order valence-corrected chi connectivity index (χ0v) is 9.09. The first-order chi connectivity index (χ1) is 7.20. The molecule has 1 radical (unpaired) electrons. The number of halogens is 2. The van der Waals surface area contributed by atoms with Crippen LogP contribution in [0.4, 0.5) is 0 Å². The van der Waals surface area contributed by atoms with Crippen molar-refractivity contribution in [3.8, 4) is 11.3 Å². The zero-order chi connectivity index (χ0) is 10.8. The van der Waals surface area contributed by atoms with Crippen molar-refractivity contribution >= 4 is 23.2 Å². The zero-order valence-electron chi connectivity index (χ0n) is 7.58. The maximum Gasteiger partial charge on any atom is 0.244 e. The summed E-state index contributed by atoms with van der Waals surface area (Å²) in [6, 6.07) is 11.2. The molecule has 0 unspecified atom stereocenters. The number of pyridine rings is 1. The van der Waals surface area contributed by atoms with E-state index < -0.39 is 0 Å². The van der Waals surface area contributed by atoms with Crippen LogP contribution in [0, 0.1) is 11.3 Å². The van der Waals surface area contributed by atoms with Gasteiger partial charge in [0.15, 0.2) is 6.20 Å². The minimum Gasteiger partial charge on any atom is -0.618 e. The molecule has 0 N–H and O–H groups in total. The highest BCUT2D eigenvalue weighted by atomic mass is 35.5. The molecule has 0 bridgehead atoms. The van der Waals surface area contributed by atoms with Crippen LogP contribution in [0.5, 0.6) is 0 Å². The van der Waals surface area contributed by atoms with E-state index in [1.807, 2.05) is 0 Å². The van der Waals surface area contributed by atoms with Crippen LogP contribution in [-0.2, 0) is 0 Å². The van der Waals surface area contributed by atoms with E-state index in [2.05, 4.69) is 6.07 Å². The van der Waals surface area contributed by atoms with Crippen molar-refractivity contribution in [3.63, 3.8) is 0 Å². The maximum atomic E-state index is 11.5. The summed E-state index contributed by atoms with van der Waals surface area (Å²) in [6.45, 7) is 0. The molecule has 0 spiro atoms. The summed E-state index contributed by atoms with van der Waals surface area (Å²) in [5.41, 5.74) is 0.967. The predicted octanol–water partition coefficient (Wildman–Crippen LogP) is 3.09. The van der Waals surface area contributed by atoms with Crippen molar-refractivity contribution in [3.05, 3.63) is 57.8 Å². The van der Waals surface area contributed by atoms with Gasteiger partial charge in [0.05, 0.1) is 16.7 Å². The van der Waals surface area contributed by atoms with Crippen LogP contribution in [0.3, 0.4) is 0 Å². The number of hydrogen-bond donors (Lipinski definition) is 0. The highest BCUT2D eigenvalue weighted by Gasteiger charge is 2.15. The van der Waals surface area contributed by atoms with Crippen LogP contribution in [0.1, 0.15) is 0 Å². The van der Waals surface area contributed by atoms with Crippen LogP contribution in [-0.4, -0.2) is 0 Å². The Morgan fingerprint density at radius 2 is 1.87 bits per heavy atom. The molecule has 1 aromatic heterocycles. The van der Waals surface area contributed by atoms with Crippen molar-refractivity contribution in [2.75, 3.05) is 0 Å². The Hall–Kier alpha value is -1.25. The molecule has 0 aliphatic heterocycles. The molecule has 4 heteroatoms. The maximum absolute atomic E-state index is 11.5. The minimum absolute atomic E-state index is 0.334. The monoisotopic (exact) mass is 238 g/mol. The fourth-order valence-corrected chi connectivity index (χ4v) is 1.79. The topological polar surface area (TPSA) is 26.9 Å². The van der Waals surface area contributed by atoms with Crippen molar-refractivity contribution in [2.45, 2.75) is 0 Å². The molecule has 0 amide bonds. The van der Waals surface area contributed by atoms with E-state index >= 15 is 0 Å². The van der Waals surface area contributed by atoms with Gasteiger partial charge >= 0.3 is 0 Å². The van der Waals surface area contributed by atoms with Gasteiger partial charge in [-0.05, 0) is 18.2 Å². The molecule has 0 atom stereocenters. The number of nitrogens with zero attached hydrogens (tertiary/aromatic N) is 1. The summed E-state index contributed by atoms with van der Waals surface area (Å²) in [6.07, 6.45) is 1.27. The lowest BCUT2D eigenvalue weighted by Gasteiger charge is -2.06. The van der Waals surface area contributed by atoms with Gasteiger partial charge in [0, 0.05) is 0 Å². The highest BCUT2D eigenvalue weighted by Crippen LogP contribution is 2.29. The summed E-state index contributed by atoms with van der Waals surface area (Å²) in [4.78, 5) is 0. The molecule has 0 aliphatic rings. The average Bonchev–Trinajstić information content (AvgIpc) is 2.20. The van der Waals surface area contributed by atoms with Crippen molar-refractivity contribution in [1.29, 1.82) is 0 Å². The second-order valence-electron chi connectivity index (χ2n) is 2.94. The first-order valence-corrected chi connectivity index (χ1v) is 4.99. The van der Waals surface area contributed by atoms with Gasteiger partial charge < -0.3 is 5.21 Å². The number of rotatable bonds is 1. The fourth-order valence-electron chi connectivity index (χ4n) is 1.32. The second kappa shape index (κ2) is 4.09. The van der Waals surface area contributed by atoms with Gasteiger partial charge in [0.2, 0.25) is 5.69 Å². The molecule has 1 aromatic carbocycles. The molecule has 0 saturated heterocycles. The summed E-state index contributed by atoms with van der Waals surface area (Å²) < 4.78 is 0.656. The number of benzene rings is 1. The molecular formula is C11H6Cl2NO. The van der Waals surface area contributed by atoms with E-state index in [-0.39, 0.29) is 0 Å². The van der Waals surface area contributed by atoms with Crippen LogP contribution in [0.15, 0.2) is 36.5 Å². The third kappa shape index (κ3) is 1.91. The number of aromatic nitrogens is 1. The Kier molecular flexibility index (Phi) is 2.80. The predicted molar refractivity (Wildman–Crippen MR) is 59.7 cm³/mol. The molecule has 75 valence electrons. The second-order valence-corrected chi connectivity index (χ2v) is 3.76. The van der Waals surface area contributed by atoms with Gasteiger partial charge in [0.1, 0.15) is 5.02 Å². The molecule has 2 aromatic rings. The molecular weight excluding hydrogens is 233 g/mol. The molecule has 1 heterocycles. The summed E-state index contributed by atoms with van der Waals surface area (Å²) in [7, 11) is 0. The van der Waals surface area contributed by atoms with E-state index in [1.54, 1.807) is 24.3 Å². The number of hydrogen-bond acceptors (Lipinski definition) is 1. The fraction of sp³-hybridized carbons (Fsp3) is 0. The SMILES string of the molecule is [O-][n+]1c[c]cc(Cl)c1-c1ccccc1Cl. The van der Waals surface area contributed by atoms with E-state index in [1.165, 1.54) is 12.3 Å². The Morgan fingerprint density at radius 1 is 1.13 bits per heavy atom. The van der Waals surface area contributed by atoms with Crippen molar-refractivity contribution in [1.82, 2.24) is 0 Å². The molecule has 0 saturated carbocycles. The lowest BCUT2D eigenvalue weighted by atomic mass is 10.1. The smallest absolute Gasteiger partial charge is 0.244 e. The van der Waals surface area contributed by atoms with E-state index in [0.717, 1.165) is 0 Å². The molecule has 0 aliphatic carbocycles. The normalized spacial score (nSPS) is 10.3. The average molecular weight is 239 g/mol. The minimum atomic E-state index is 0.334. The van der Waals surface area contributed by atoms with Crippen LogP contribution in [0.2, 0.25) is 10.0 Å². The lowest BCUT2D eigenvalue weighted by molar-refractivity contribution is -0.593. The summed E-state index contributed by atoms with van der Waals surface area (Å²) in [5.74, 6) is 0. The van der Waals surface area contributed by atoms with Gasteiger partial charge in [-0.3, -0.25) is 0 Å². The van der Waals surface area contributed by atoms with E-state index in [4.69, 9.17) is 23.2 Å². The Balaban J connectivity index is 2.69.